The number of rotatable bonds is 6. The Kier molecular flexibility index (Phi) is 5.55. The van der Waals surface area contributed by atoms with Gasteiger partial charge in [0.05, 0.1) is 0 Å². The second-order valence-electron chi connectivity index (χ2n) is 5.03. The smallest absolute Gasteiger partial charge is 0.275 e. The second kappa shape index (κ2) is 7.24. The van der Waals surface area contributed by atoms with Crippen LogP contribution in [0.3, 0.4) is 0 Å². The number of thioether (sulfide) groups is 1. The van der Waals surface area contributed by atoms with Gasteiger partial charge >= 0.3 is 6.03 Å². The number of sulfonamides is 1. The van der Waals surface area contributed by atoms with Crippen LogP contribution in [0, 0.1) is 6.92 Å². The van der Waals surface area contributed by atoms with Crippen molar-refractivity contribution >= 4 is 39.4 Å². The van der Waals surface area contributed by atoms with E-state index in [0.717, 1.165) is 10.5 Å². The van der Waals surface area contributed by atoms with E-state index in [1.54, 1.807) is 0 Å². The quantitative estimate of drug-likeness (QED) is 0.587. The molecular formula is C14H17N3O4S2. The molecule has 0 fully saturated rings. The van der Waals surface area contributed by atoms with E-state index in [4.69, 9.17) is 0 Å². The highest BCUT2D eigenvalue weighted by atomic mass is 32.2. The Balaban J connectivity index is 1.91. The van der Waals surface area contributed by atoms with Crippen molar-refractivity contribution < 1.29 is 18.0 Å². The number of carbonyl (C=O) groups excluding carboxylic acids is 2. The minimum absolute atomic E-state index is 0.0302. The number of hydrogen-bond acceptors (Lipinski definition) is 5. The van der Waals surface area contributed by atoms with Crippen molar-refractivity contribution in [1.82, 2.24) is 10.0 Å². The van der Waals surface area contributed by atoms with E-state index in [2.05, 4.69) is 9.71 Å². The molecule has 1 atom stereocenters. The summed E-state index contributed by atoms with van der Waals surface area (Å²) in [7, 11) is -3.92. The van der Waals surface area contributed by atoms with E-state index >= 15 is 0 Å². The van der Waals surface area contributed by atoms with Gasteiger partial charge in [0.15, 0.2) is 5.25 Å². The van der Waals surface area contributed by atoms with Crippen LogP contribution < -0.4 is 10.0 Å². The number of imide groups is 1. The van der Waals surface area contributed by atoms with Crippen LogP contribution in [-0.2, 0) is 14.8 Å². The number of amides is 3. The summed E-state index contributed by atoms with van der Waals surface area (Å²) >= 11 is 1.51. The van der Waals surface area contributed by atoms with Gasteiger partial charge < -0.3 is 0 Å². The Morgan fingerprint density at radius 2 is 1.87 bits per heavy atom. The Labute approximate surface area is 139 Å². The van der Waals surface area contributed by atoms with E-state index in [9.17, 15) is 18.0 Å². The molecule has 124 valence electrons. The number of hydrogen-bond donors (Lipinski definition) is 2. The van der Waals surface area contributed by atoms with Crippen LogP contribution >= 0.6 is 11.8 Å². The zero-order valence-electron chi connectivity index (χ0n) is 12.7. The molecule has 23 heavy (non-hydrogen) atoms. The lowest BCUT2D eigenvalue weighted by Crippen LogP contribution is -2.53. The second-order valence-corrected chi connectivity index (χ2v) is 8.05. The van der Waals surface area contributed by atoms with Crippen LogP contribution in [-0.4, -0.2) is 43.6 Å². The molecule has 1 aromatic rings. The number of benzene rings is 1. The average molecular weight is 355 g/mol. The maximum Gasteiger partial charge on any atom is 0.347 e. The maximum atomic E-state index is 12.2. The van der Waals surface area contributed by atoms with Crippen molar-refractivity contribution in [3.05, 3.63) is 29.8 Å². The van der Waals surface area contributed by atoms with E-state index < -0.39 is 27.2 Å². The molecule has 1 aliphatic rings. The molecule has 3 amide bonds. The van der Waals surface area contributed by atoms with E-state index in [-0.39, 0.29) is 12.3 Å². The first-order chi connectivity index (χ1) is 10.8. The topological polar surface area (TPSA) is 105 Å². The molecule has 1 aliphatic heterocycles. The zero-order chi connectivity index (χ0) is 17.0. The molecule has 1 heterocycles. The van der Waals surface area contributed by atoms with Crippen molar-refractivity contribution in [3.8, 4) is 0 Å². The number of nitrogens with zero attached hydrogens (tertiary/aromatic N) is 1. The Hall–Kier alpha value is -1.71. The summed E-state index contributed by atoms with van der Waals surface area (Å²) in [6.45, 7) is 3.51. The Bertz CT molecular complexity index is 742. The van der Waals surface area contributed by atoms with Gasteiger partial charge in [-0.2, -0.15) is 0 Å². The summed E-state index contributed by atoms with van der Waals surface area (Å²) < 4.78 is 26.8. The third-order valence-corrected chi connectivity index (χ3v) is 5.93. The lowest BCUT2D eigenvalue weighted by atomic mass is 10.2. The highest BCUT2D eigenvalue weighted by molar-refractivity contribution is 7.99. The lowest BCUT2D eigenvalue weighted by Gasteiger charge is -2.20. The first kappa shape index (κ1) is 17.6. The molecule has 0 saturated carbocycles. The molecule has 0 saturated heterocycles. The summed E-state index contributed by atoms with van der Waals surface area (Å²) in [5.74, 6) is -0.354. The van der Waals surface area contributed by atoms with Crippen molar-refractivity contribution in [2.45, 2.75) is 24.0 Å². The van der Waals surface area contributed by atoms with Crippen molar-refractivity contribution in [3.63, 3.8) is 0 Å². The Morgan fingerprint density at radius 1 is 1.22 bits per heavy atom. The summed E-state index contributed by atoms with van der Waals surface area (Å²) in [6.07, 6.45) is 0. The fourth-order valence-electron chi connectivity index (χ4n) is 2.04. The van der Waals surface area contributed by atoms with Crippen molar-refractivity contribution in [2.24, 2.45) is 4.99 Å². The molecular weight excluding hydrogens is 338 g/mol. The summed E-state index contributed by atoms with van der Waals surface area (Å²) in [5.41, 5.74) is 1.13. The van der Waals surface area contributed by atoms with E-state index in [1.165, 1.54) is 18.7 Å². The molecule has 0 aromatic heterocycles. The van der Waals surface area contributed by atoms with Gasteiger partial charge in [-0.05, 0) is 26.0 Å². The highest BCUT2D eigenvalue weighted by Gasteiger charge is 2.38. The third-order valence-electron chi connectivity index (χ3n) is 3.13. The minimum atomic E-state index is -3.92. The van der Waals surface area contributed by atoms with Crippen LogP contribution in [0.2, 0.25) is 0 Å². The zero-order valence-corrected chi connectivity index (χ0v) is 14.3. The highest BCUT2D eigenvalue weighted by Crippen LogP contribution is 2.17. The first-order valence-electron chi connectivity index (χ1n) is 6.87. The summed E-state index contributed by atoms with van der Waals surface area (Å²) in [5, 5.41) is 0.430. The number of nitrogens with one attached hydrogen (secondary N) is 2. The van der Waals surface area contributed by atoms with Gasteiger partial charge in [0.2, 0.25) is 10.0 Å². The monoisotopic (exact) mass is 355 g/mol. The maximum absolute atomic E-state index is 12.2. The summed E-state index contributed by atoms with van der Waals surface area (Å²) in [6, 6.07) is 7.05. The average Bonchev–Trinajstić information content (AvgIpc) is 2.44. The van der Waals surface area contributed by atoms with Gasteiger partial charge in [-0.25, -0.2) is 22.9 Å². The lowest BCUT2D eigenvalue weighted by molar-refractivity contribution is -0.118. The van der Waals surface area contributed by atoms with Gasteiger partial charge in [-0.3, -0.25) is 10.1 Å². The molecule has 9 heteroatoms. The van der Waals surface area contributed by atoms with E-state index in [1.807, 2.05) is 36.5 Å². The fraction of sp³-hybridized carbons (Fsp3) is 0.357. The Morgan fingerprint density at radius 3 is 2.48 bits per heavy atom. The largest absolute Gasteiger partial charge is 0.347 e. The molecule has 2 rings (SSSR count). The number of aliphatic imine (C=N–C) groups is 1. The number of carbonyl (C=O) groups is 2. The van der Waals surface area contributed by atoms with Crippen LogP contribution in [0.4, 0.5) is 4.79 Å². The molecule has 0 radical (unpaired) electrons. The molecule has 0 spiro atoms. The van der Waals surface area contributed by atoms with Crippen LogP contribution in [0.5, 0.6) is 0 Å². The number of aryl methyl sites for hydroxylation is 1. The third kappa shape index (κ3) is 4.63. The predicted molar refractivity (Wildman–Crippen MR) is 89.3 cm³/mol. The van der Waals surface area contributed by atoms with Crippen LogP contribution in [0.25, 0.3) is 0 Å². The van der Waals surface area contributed by atoms with Crippen LogP contribution in [0.15, 0.2) is 34.2 Å². The van der Waals surface area contributed by atoms with Crippen LogP contribution in [0.1, 0.15) is 12.5 Å². The molecule has 1 aromatic carbocycles. The van der Waals surface area contributed by atoms with Gasteiger partial charge in [0.25, 0.3) is 5.91 Å². The summed E-state index contributed by atoms with van der Waals surface area (Å²) in [4.78, 5) is 27.3. The molecule has 7 nitrogen and oxygen atoms in total. The predicted octanol–water partition coefficient (Wildman–Crippen LogP) is 1.09. The first-order valence-corrected chi connectivity index (χ1v) is 9.41. The minimum Gasteiger partial charge on any atom is -0.275 e. The van der Waals surface area contributed by atoms with Crippen molar-refractivity contribution in [1.29, 1.82) is 0 Å². The SMILES string of the molecule is CC1=NC(=O)NC(=O)C1S(=O)(=O)NCCSc1ccc(C)cc1. The fourth-order valence-corrected chi connectivity index (χ4v) is 4.34. The van der Waals surface area contributed by atoms with Gasteiger partial charge in [0, 0.05) is 22.9 Å². The van der Waals surface area contributed by atoms with Gasteiger partial charge in [0.1, 0.15) is 0 Å². The molecule has 2 N–H and O–H groups in total. The molecule has 0 aliphatic carbocycles. The standard InChI is InChI=1S/C14H17N3O4S2/c1-9-3-5-11(6-4-9)22-8-7-15-23(20,21)12-10(2)16-14(19)17-13(12)18/h3-6,12,15H,7-8H2,1-2H3,(H,17,18,19). The molecule has 1 unspecified atom stereocenters. The van der Waals surface area contributed by atoms with Crippen molar-refractivity contribution in [2.75, 3.05) is 12.3 Å². The molecule has 0 bridgehead atoms. The van der Waals surface area contributed by atoms with E-state index in [0.29, 0.717) is 5.75 Å². The van der Waals surface area contributed by atoms with Gasteiger partial charge in [-0.1, -0.05) is 17.7 Å². The number of urea groups is 1. The van der Waals surface area contributed by atoms with Gasteiger partial charge in [-0.15, -0.1) is 11.8 Å². The normalized spacial score (nSPS) is 18.5.